The molecule has 1 aliphatic carbocycles. The second-order valence-electron chi connectivity index (χ2n) is 5.46. The number of rotatable bonds is 4. The molecule has 86 valence electrons. The van der Waals surface area contributed by atoms with Crippen molar-refractivity contribution in [2.45, 2.75) is 65.7 Å². The smallest absolute Gasteiger partial charge is 0.0689 e. The first kappa shape index (κ1) is 12.6. The molecule has 0 bridgehead atoms. The fraction of sp³-hybridized carbons (Fsp3) is 0.929. The first-order valence-electron chi connectivity index (χ1n) is 6.57. The van der Waals surface area contributed by atoms with E-state index in [9.17, 15) is 5.26 Å². The molecule has 0 aromatic rings. The molecule has 0 N–H and O–H groups in total. The maximum absolute atomic E-state index is 9.42. The van der Waals surface area contributed by atoms with Crippen molar-refractivity contribution in [2.24, 2.45) is 17.3 Å². The highest BCUT2D eigenvalue weighted by molar-refractivity contribution is 5.02. The molecule has 1 aliphatic rings. The first-order chi connectivity index (χ1) is 7.15. The number of nitrogens with zero attached hydrogens (tertiary/aromatic N) is 1. The molecule has 0 aliphatic heterocycles. The van der Waals surface area contributed by atoms with Gasteiger partial charge in [0, 0.05) is 0 Å². The lowest BCUT2D eigenvalue weighted by molar-refractivity contribution is 0.173. The average molecular weight is 207 g/mol. The van der Waals surface area contributed by atoms with Crippen molar-refractivity contribution in [3.63, 3.8) is 0 Å². The van der Waals surface area contributed by atoms with Gasteiger partial charge in [-0.1, -0.05) is 33.6 Å². The van der Waals surface area contributed by atoms with E-state index >= 15 is 0 Å². The zero-order valence-corrected chi connectivity index (χ0v) is 10.6. The molecule has 0 heterocycles. The number of hydrogen-bond donors (Lipinski definition) is 0. The summed E-state index contributed by atoms with van der Waals surface area (Å²) in [6, 6.07) is 2.64. The van der Waals surface area contributed by atoms with Crippen molar-refractivity contribution in [2.75, 3.05) is 0 Å². The second-order valence-corrected chi connectivity index (χ2v) is 5.46. The van der Waals surface area contributed by atoms with E-state index in [1.165, 1.54) is 25.7 Å². The van der Waals surface area contributed by atoms with Crippen molar-refractivity contribution in [1.82, 2.24) is 0 Å². The molecule has 0 radical (unpaired) electrons. The van der Waals surface area contributed by atoms with Gasteiger partial charge in [0.2, 0.25) is 0 Å². The molecule has 0 aromatic carbocycles. The van der Waals surface area contributed by atoms with Crippen molar-refractivity contribution in [1.29, 1.82) is 5.26 Å². The predicted molar refractivity (Wildman–Crippen MR) is 64.4 cm³/mol. The van der Waals surface area contributed by atoms with Crippen LogP contribution in [-0.4, -0.2) is 0 Å². The van der Waals surface area contributed by atoms with Gasteiger partial charge in [-0.2, -0.15) is 5.26 Å². The molecule has 1 rings (SSSR count). The van der Waals surface area contributed by atoms with Gasteiger partial charge in [-0.05, 0) is 43.9 Å². The maximum atomic E-state index is 9.42. The normalized spacial score (nSPS) is 31.5. The Morgan fingerprint density at radius 2 is 1.80 bits per heavy atom. The lowest BCUT2D eigenvalue weighted by atomic mass is 9.67. The maximum Gasteiger partial charge on any atom is 0.0689 e. The molecule has 0 spiro atoms. The zero-order chi connectivity index (χ0) is 11.3. The van der Waals surface area contributed by atoms with Crippen molar-refractivity contribution in [3.8, 4) is 6.07 Å². The van der Waals surface area contributed by atoms with Crippen molar-refractivity contribution in [3.05, 3.63) is 0 Å². The summed E-state index contributed by atoms with van der Waals surface area (Å²) >= 11 is 0. The van der Waals surface area contributed by atoms with Gasteiger partial charge in [0.15, 0.2) is 0 Å². The van der Waals surface area contributed by atoms with Gasteiger partial charge in [-0.3, -0.25) is 0 Å². The van der Waals surface area contributed by atoms with E-state index in [2.05, 4.69) is 26.8 Å². The van der Waals surface area contributed by atoms with Crippen LogP contribution in [0.15, 0.2) is 0 Å². The molecule has 0 aromatic heterocycles. The third kappa shape index (κ3) is 3.23. The summed E-state index contributed by atoms with van der Waals surface area (Å²) in [6.07, 6.45) is 8.40. The fourth-order valence-corrected chi connectivity index (χ4v) is 2.81. The second kappa shape index (κ2) is 5.54. The Bertz CT molecular complexity index is 214. The summed E-state index contributed by atoms with van der Waals surface area (Å²) in [7, 11) is 0. The monoisotopic (exact) mass is 207 g/mol. The Hall–Kier alpha value is -0.510. The van der Waals surface area contributed by atoms with Crippen LogP contribution in [0.5, 0.6) is 0 Å². The van der Waals surface area contributed by atoms with Crippen molar-refractivity contribution < 1.29 is 0 Å². The van der Waals surface area contributed by atoms with E-state index in [-0.39, 0.29) is 5.41 Å². The van der Waals surface area contributed by atoms with Gasteiger partial charge in [-0.25, -0.2) is 0 Å². The van der Waals surface area contributed by atoms with E-state index in [1.807, 2.05) is 0 Å². The predicted octanol–water partition coefficient (Wildman–Crippen LogP) is 4.53. The van der Waals surface area contributed by atoms with Gasteiger partial charge in [0.1, 0.15) is 0 Å². The molecule has 0 atom stereocenters. The molecular weight excluding hydrogens is 182 g/mol. The van der Waals surface area contributed by atoms with Gasteiger partial charge in [-0.15, -0.1) is 0 Å². The summed E-state index contributed by atoms with van der Waals surface area (Å²) in [4.78, 5) is 0. The number of hydrogen-bond acceptors (Lipinski definition) is 1. The average Bonchev–Trinajstić information content (AvgIpc) is 2.29. The summed E-state index contributed by atoms with van der Waals surface area (Å²) in [6.45, 7) is 6.83. The van der Waals surface area contributed by atoms with Crippen LogP contribution in [0.1, 0.15) is 65.7 Å². The Kier molecular flexibility index (Phi) is 4.64. The molecule has 0 amide bonds. The Morgan fingerprint density at radius 1 is 1.27 bits per heavy atom. The number of nitriles is 1. The summed E-state index contributed by atoms with van der Waals surface area (Å²) < 4.78 is 0. The van der Waals surface area contributed by atoms with Crippen LogP contribution in [-0.2, 0) is 0 Å². The van der Waals surface area contributed by atoms with Gasteiger partial charge >= 0.3 is 0 Å². The largest absolute Gasteiger partial charge is 0.198 e. The minimum atomic E-state index is 0.0309. The lowest BCUT2D eigenvalue weighted by Crippen LogP contribution is -2.27. The molecular formula is C14H25N. The lowest BCUT2D eigenvalue weighted by Gasteiger charge is -2.36. The van der Waals surface area contributed by atoms with Crippen LogP contribution >= 0.6 is 0 Å². The van der Waals surface area contributed by atoms with E-state index in [0.717, 1.165) is 31.1 Å². The fourth-order valence-electron chi connectivity index (χ4n) is 2.81. The van der Waals surface area contributed by atoms with E-state index in [1.54, 1.807) is 0 Å². The molecule has 0 unspecified atom stereocenters. The van der Waals surface area contributed by atoms with Crippen LogP contribution in [0.4, 0.5) is 0 Å². The highest BCUT2D eigenvalue weighted by Crippen LogP contribution is 2.43. The SMILES string of the molecule is CCC(CC)CC1(C#N)CCC(C)CC1. The summed E-state index contributed by atoms with van der Waals surface area (Å²) in [5.41, 5.74) is 0.0309. The standard InChI is InChI=1S/C14H25N/c1-4-13(5-2)10-14(11-15)8-6-12(3)7-9-14/h12-13H,4-10H2,1-3H3. The minimum absolute atomic E-state index is 0.0309. The van der Waals surface area contributed by atoms with Crippen LogP contribution in [0.2, 0.25) is 0 Å². The molecule has 0 saturated heterocycles. The van der Waals surface area contributed by atoms with E-state index in [4.69, 9.17) is 0 Å². The van der Waals surface area contributed by atoms with Gasteiger partial charge in [0.05, 0.1) is 11.5 Å². The zero-order valence-electron chi connectivity index (χ0n) is 10.6. The van der Waals surface area contributed by atoms with Gasteiger partial charge < -0.3 is 0 Å². The third-order valence-electron chi connectivity index (χ3n) is 4.30. The van der Waals surface area contributed by atoms with E-state index in [0.29, 0.717) is 0 Å². The Balaban J connectivity index is 2.58. The third-order valence-corrected chi connectivity index (χ3v) is 4.30. The van der Waals surface area contributed by atoms with Crippen LogP contribution in [0.3, 0.4) is 0 Å². The van der Waals surface area contributed by atoms with Crippen molar-refractivity contribution >= 4 is 0 Å². The highest BCUT2D eigenvalue weighted by Gasteiger charge is 2.35. The van der Waals surface area contributed by atoms with Crippen LogP contribution in [0, 0.1) is 28.6 Å². The molecule has 15 heavy (non-hydrogen) atoms. The topological polar surface area (TPSA) is 23.8 Å². The first-order valence-corrected chi connectivity index (χ1v) is 6.57. The molecule has 1 heteroatoms. The quantitative estimate of drug-likeness (QED) is 0.664. The summed E-state index contributed by atoms with van der Waals surface area (Å²) in [5, 5.41) is 9.42. The Labute approximate surface area is 94.9 Å². The Morgan fingerprint density at radius 3 is 2.20 bits per heavy atom. The molecule has 1 nitrogen and oxygen atoms in total. The van der Waals surface area contributed by atoms with E-state index < -0.39 is 0 Å². The van der Waals surface area contributed by atoms with Gasteiger partial charge in [0.25, 0.3) is 0 Å². The highest BCUT2D eigenvalue weighted by atomic mass is 14.4. The molecule has 1 saturated carbocycles. The van der Waals surface area contributed by atoms with Crippen LogP contribution < -0.4 is 0 Å². The molecule has 1 fully saturated rings. The summed E-state index contributed by atoms with van der Waals surface area (Å²) in [5.74, 6) is 1.60. The van der Waals surface area contributed by atoms with Crippen LogP contribution in [0.25, 0.3) is 0 Å². The minimum Gasteiger partial charge on any atom is -0.198 e.